The van der Waals surface area contributed by atoms with Gasteiger partial charge in [-0.25, -0.2) is 4.68 Å². The molecular formula is C25H29N7O2S. The maximum Gasteiger partial charge on any atom is 0.295 e. The Bertz CT molecular complexity index is 1390. The first-order valence-electron chi connectivity index (χ1n) is 11.3. The molecule has 2 aromatic heterocycles. The largest absolute Gasteiger partial charge is 0.378 e. The second-order valence-electron chi connectivity index (χ2n) is 8.27. The summed E-state index contributed by atoms with van der Waals surface area (Å²) in [5.74, 6) is 0.588. The Hall–Kier alpha value is -3.79. The fourth-order valence-electron chi connectivity index (χ4n) is 3.82. The molecule has 35 heavy (non-hydrogen) atoms. The van der Waals surface area contributed by atoms with E-state index in [1.54, 1.807) is 16.4 Å². The summed E-state index contributed by atoms with van der Waals surface area (Å²) in [7, 11) is 5.79. The minimum Gasteiger partial charge on any atom is -0.378 e. The molecule has 182 valence electrons. The Morgan fingerprint density at radius 3 is 2.37 bits per heavy atom. The number of carbonyl (C=O) groups excluding carboxylic acids is 1. The van der Waals surface area contributed by atoms with E-state index in [2.05, 4.69) is 15.5 Å². The van der Waals surface area contributed by atoms with E-state index in [4.69, 9.17) is 0 Å². The predicted octanol–water partition coefficient (Wildman–Crippen LogP) is 3.56. The van der Waals surface area contributed by atoms with Crippen LogP contribution in [0.5, 0.6) is 0 Å². The number of aromatic nitrogens is 5. The van der Waals surface area contributed by atoms with Crippen LogP contribution < -0.4 is 15.8 Å². The van der Waals surface area contributed by atoms with Gasteiger partial charge in [-0.05, 0) is 50.2 Å². The van der Waals surface area contributed by atoms with Crippen LogP contribution in [0.15, 0.2) is 64.5 Å². The fourth-order valence-corrected chi connectivity index (χ4v) is 4.62. The van der Waals surface area contributed by atoms with Crippen molar-refractivity contribution in [1.82, 2.24) is 24.1 Å². The molecule has 0 aliphatic carbocycles. The van der Waals surface area contributed by atoms with Crippen molar-refractivity contribution in [3.8, 4) is 17.1 Å². The lowest BCUT2D eigenvalue weighted by Gasteiger charge is -2.13. The van der Waals surface area contributed by atoms with E-state index in [0.29, 0.717) is 17.4 Å². The molecule has 0 saturated carbocycles. The smallest absolute Gasteiger partial charge is 0.295 e. The Balaban J connectivity index is 1.49. The molecule has 10 heteroatoms. The Morgan fingerprint density at radius 1 is 1.06 bits per heavy atom. The molecule has 0 radical (unpaired) electrons. The highest BCUT2D eigenvalue weighted by Gasteiger charge is 2.19. The van der Waals surface area contributed by atoms with Crippen LogP contribution in [0, 0.1) is 6.92 Å². The first-order chi connectivity index (χ1) is 16.8. The number of hydrogen-bond donors (Lipinski definition) is 1. The lowest BCUT2D eigenvalue weighted by Crippen LogP contribution is -2.23. The average molecular weight is 492 g/mol. The Morgan fingerprint density at radius 2 is 1.74 bits per heavy atom. The Kier molecular flexibility index (Phi) is 7.11. The van der Waals surface area contributed by atoms with E-state index < -0.39 is 0 Å². The highest BCUT2D eigenvalue weighted by molar-refractivity contribution is 7.99. The first kappa shape index (κ1) is 24.3. The molecule has 2 aromatic carbocycles. The van der Waals surface area contributed by atoms with Gasteiger partial charge in [0.05, 0.1) is 17.1 Å². The molecule has 0 aliphatic heterocycles. The number of amides is 1. The molecule has 0 saturated heterocycles. The van der Waals surface area contributed by atoms with Crippen LogP contribution in [0.25, 0.3) is 17.1 Å². The van der Waals surface area contributed by atoms with Gasteiger partial charge in [0.2, 0.25) is 5.91 Å². The molecule has 1 N–H and O–H groups in total. The Labute approximate surface area is 208 Å². The predicted molar refractivity (Wildman–Crippen MR) is 141 cm³/mol. The van der Waals surface area contributed by atoms with Crippen LogP contribution in [-0.2, 0) is 18.4 Å². The molecule has 0 spiro atoms. The molecule has 0 unspecified atom stereocenters. The monoisotopic (exact) mass is 491 g/mol. The SMILES string of the molecule is CCn1c(SCC(=O)Nc2c(C)n(C)n(-c3ccccc3)c2=O)nnc1-c1ccc(N(C)C)cc1. The van der Waals surface area contributed by atoms with E-state index in [1.807, 2.05) is 92.0 Å². The topological polar surface area (TPSA) is 90.0 Å². The van der Waals surface area contributed by atoms with Crippen molar-refractivity contribution in [2.75, 3.05) is 30.1 Å². The highest BCUT2D eigenvalue weighted by atomic mass is 32.2. The minimum atomic E-state index is -0.274. The van der Waals surface area contributed by atoms with Gasteiger partial charge in [0.15, 0.2) is 11.0 Å². The van der Waals surface area contributed by atoms with E-state index in [9.17, 15) is 9.59 Å². The van der Waals surface area contributed by atoms with Crippen molar-refractivity contribution < 1.29 is 4.79 Å². The van der Waals surface area contributed by atoms with Gasteiger partial charge in [-0.2, -0.15) is 0 Å². The molecule has 4 aromatic rings. The van der Waals surface area contributed by atoms with Gasteiger partial charge in [0, 0.05) is 38.9 Å². The van der Waals surface area contributed by atoms with E-state index in [1.165, 1.54) is 11.8 Å². The van der Waals surface area contributed by atoms with Crippen LogP contribution in [0.2, 0.25) is 0 Å². The summed E-state index contributed by atoms with van der Waals surface area (Å²) in [6, 6.07) is 17.4. The van der Waals surface area contributed by atoms with Gasteiger partial charge in [0.1, 0.15) is 5.69 Å². The molecule has 4 rings (SSSR count). The van der Waals surface area contributed by atoms with Crippen LogP contribution in [0.1, 0.15) is 12.6 Å². The molecule has 0 atom stereocenters. The van der Waals surface area contributed by atoms with Crippen molar-refractivity contribution >= 4 is 29.0 Å². The summed E-state index contributed by atoms with van der Waals surface area (Å²) in [5.41, 5.74) is 3.49. The zero-order chi connectivity index (χ0) is 25.1. The number of para-hydroxylation sites is 1. The molecular weight excluding hydrogens is 462 g/mol. The highest BCUT2D eigenvalue weighted by Crippen LogP contribution is 2.26. The average Bonchev–Trinajstić information content (AvgIpc) is 3.37. The second kappa shape index (κ2) is 10.2. The lowest BCUT2D eigenvalue weighted by atomic mass is 10.2. The summed E-state index contributed by atoms with van der Waals surface area (Å²) in [4.78, 5) is 27.9. The van der Waals surface area contributed by atoms with Crippen molar-refractivity contribution in [3.05, 3.63) is 70.6 Å². The van der Waals surface area contributed by atoms with E-state index >= 15 is 0 Å². The quantitative estimate of drug-likeness (QED) is 0.379. The summed E-state index contributed by atoms with van der Waals surface area (Å²) < 4.78 is 5.26. The third kappa shape index (κ3) is 4.88. The zero-order valence-corrected chi connectivity index (χ0v) is 21.3. The molecule has 1 amide bonds. The van der Waals surface area contributed by atoms with Crippen LogP contribution in [0.4, 0.5) is 11.4 Å². The summed E-state index contributed by atoms with van der Waals surface area (Å²) >= 11 is 1.30. The van der Waals surface area contributed by atoms with Crippen molar-refractivity contribution in [2.24, 2.45) is 7.05 Å². The maximum absolute atomic E-state index is 13.0. The number of nitrogens with zero attached hydrogens (tertiary/aromatic N) is 6. The second-order valence-corrected chi connectivity index (χ2v) is 9.21. The number of nitrogens with one attached hydrogen (secondary N) is 1. The first-order valence-corrected chi connectivity index (χ1v) is 12.3. The third-order valence-electron chi connectivity index (χ3n) is 5.83. The fraction of sp³-hybridized carbons (Fsp3) is 0.280. The standard InChI is InChI=1S/C25H29N7O2S/c1-6-31-23(18-12-14-19(15-13-18)29(3)4)27-28-25(31)35-16-21(33)26-22-17(2)30(5)32(24(22)34)20-10-8-7-9-11-20/h7-15H,6,16H2,1-5H3,(H,26,33). The number of hydrogen-bond acceptors (Lipinski definition) is 6. The molecule has 0 aliphatic rings. The zero-order valence-electron chi connectivity index (χ0n) is 20.5. The van der Waals surface area contributed by atoms with E-state index in [-0.39, 0.29) is 22.9 Å². The van der Waals surface area contributed by atoms with Gasteiger partial charge >= 0.3 is 0 Å². The summed E-state index contributed by atoms with van der Waals surface area (Å²) in [6.45, 7) is 4.50. The summed E-state index contributed by atoms with van der Waals surface area (Å²) in [5, 5.41) is 12.1. The minimum absolute atomic E-state index is 0.108. The van der Waals surface area contributed by atoms with Gasteiger partial charge in [-0.15, -0.1) is 10.2 Å². The third-order valence-corrected chi connectivity index (χ3v) is 6.79. The lowest BCUT2D eigenvalue weighted by molar-refractivity contribution is -0.113. The van der Waals surface area contributed by atoms with Crippen LogP contribution in [0.3, 0.4) is 0 Å². The maximum atomic E-state index is 13.0. The molecule has 9 nitrogen and oxygen atoms in total. The van der Waals surface area contributed by atoms with Gasteiger partial charge in [-0.3, -0.25) is 14.3 Å². The number of benzene rings is 2. The number of rotatable bonds is 8. The number of thioether (sulfide) groups is 1. The van der Waals surface area contributed by atoms with Gasteiger partial charge in [-0.1, -0.05) is 30.0 Å². The van der Waals surface area contributed by atoms with Crippen LogP contribution >= 0.6 is 11.8 Å². The number of carbonyl (C=O) groups is 1. The van der Waals surface area contributed by atoms with E-state index in [0.717, 1.165) is 22.8 Å². The van der Waals surface area contributed by atoms with Gasteiger partial charge < -0.3 is 14.8 Å². The number of anilines is 2. The molecule has 2 heterocycles. The summed E-state index contributed by atoms with van der Waals surface area (Å²) in [6.07, 6.45) is 0. The van der Waals surface area contributed by atoms with Crippen molar-refractivity contribution in [3.63, 3.8) is 0 Å². The normalized spacial score (nSPS) is 11.0. The molecule has 0 fully saturated rings. The molecule has 0 bridgehead atoms. The van der Waals surface area contributed by atoms with Crippen LogP contribution in [-0.4, -0.2) is 49.9 Å². The van der Waals surface area contributed by atoms with Crippen molar-refractivity contribution in [1.29, 1.82) is 0 Å². The van der Waals surface area contributed by atoms with Gasteiger partial charge in [0.25, 0.3) is 5.56 Å². The van der Waals surface area contributed by atoms with Crippen molar-refractivity contribution in [2.45, 2.75) is 25.5 Å².